The molecule has 4 heteroatoms. The Bertz CT molecular complexity index is 787. The Balaban J connectivity index is 2.02. The highest BCUT2D eigenvalue weighted by Gasteiger charge is 2.13. The van der Waals surface area contributed by atoms with Gasteiger partial charge in [-0.25, -0.2) is 8.78 Å². The molecule has 0 saturated heterocycles. The molecule has 1 heterocycles. The van der Waals surface area contributed by atoms with Crippen molar-refractivity contribution >= 4 is 10.8 Å². The van der Waals surface area contributed by atoms with Gasteiger partial charge in [-0.15, -0.1) is 0 Å². The van der Waals surface area contributed by atoms with Crippen LogP contribution in [0.5, 0.6) is 0 Å². The summed E-state index contributed by atoms with van der Waals surface area (Å²) in [5.41, 5.74) is 6.99. The SMILES string of the molecule is NCCc1cc(F)c(Cc2cccc3cnccc23)c(F)c1. The molecule has 0 amide bonds. The Labute approximate surface area is 127 Å². The lowest BCUT2D eigenvalue weighted by molar-refractivity contribution is 0.558. The van der Waals surface area contributed by atoms with Gasteiger partial charge in [0.15, 0.2) is 0 Å². The van der Waals surface area contributed by atoms with Crippen LogP contribution in [-0.2, 0) is 12.8 Å². The third-order valence-electron chi connectivity index (χ3n) is 3.77. The van der Waals surface area contributed by atoms with E-state index in [0.29, 0.717) is 18.5 Å². The van der Waals surface area contributed by atoms with Gasteiger partial charge in [-0.2, -0.15) is 0 Å². The molecule has 2 N–H and O–H groups in total. The van der Waals surface area contributed by atoms with E-state index in [2.05, 4.69) is 4.98 Å². The molecular formula is C18H16F2N2. The van der Waals surface area contributed by atoms with Gasteiger partial charge in [0.05, 0.1) is 0 Å². The largest absolute Gasteiger partial charge is 0.330 e. The summed E-state index contributed by atoms with van der Waals surface area (Å²) in [6.07, 6.45) is 4.11. The summed E-state index contributed by atoms with van der Waals surface area (Å²) in [5, 5.41) is 1.92. The van der Waals surface area contributed by atoms with Crippen molar-refractivity contribution in [2.45, 2.75) is 12.8 Å². The van der Waals surface area contributed by atoms with Gasteiger partial charge in [0.2, 0.25) is 0 Å². The Kier molecular flexibility index (Phi) is 4.11. The molecule has 112 valence electrons. The molecule has 0 aliphatic carbocycles. The van der Waals surface area contributed by atoms with Gasteiger partial charge in [0, 0.05) is 29.8 Å². The fourth-order valence-electron chi connectivity index (χ4n) is 2.67. The first-order valence-electron chi connectivity index (χ1n) is 7.17. The zero-order valence-corrected chi connectivity index (χ0v) is 12.0. The molecular weight excluding hydrogens is 282 g/mol. The minimum Gasteiger partial charge on any atom is -0.330 e. The Morgan fingerprint density at radius 1 is 1.05 bits per heavy atom. The average Bonchev–Trinajstić information content (AvgIpc) is 2.51. The summed E-state index contributed by atoms with van der Waals surface area (Å²) in [5.74, 6) is -1.04. The highest BCUT2D eigenvalue weighted by molar-refractivity contribution is 5.85. The average molecular weight is 298 g/mol. The van der Waals surface area contributed by atoms with Gasteiger partial charge >= 0.3 is 0 Å². The van der Waals surface area contributed by atoms with Gasteiger partial charge in [-0.05, 0) is 47.7 Å². The lowest BCUT2D eigenvalue weighted by Gasteiger charge is -2.10. The molecule has 0 spiro atoms. The smallest absolute Gasteiger partial charge is 0.129 e. The van der Waals surface area contributed by atoms with Crippen molar-refractivity contribution in [1.82, 2.24) is 4.98 Å². The Morgan fingerprint density at radius 3 is 2.55 bits per heavy atom. The standard InChI is InChI=1S/C18H16F2N2/c19-17-8-12(4-6-21)9-18(20)16(17)10-13-2-1-3-14-11-22-7-5-15(13)14/h1-3,5,7-9,11H,4,6,10,21H2. The van der Waals surface area contributed by atoms with Crippen molar-refractivity contribution in [3.8, 4) is 0 Å². The van der Waals surface area contributed by atoms with E-state index in [1.807, 2.05) is 24.3 Å². The van der Waals surface area contributed by atoms with E-state index in [0.717, 1.165) is 16.3 Å². The number of nitrogens with two attached hydrogens (primary N) is 1. The number of hydrogen-bond acceptors (Lipinski definition) is 2. The number of aromatic nitrogens is 1. The van der Waals surface area contributed by atoms with E-state index in [1.165, 1.54) is 12.1 Å². The van der Waals surface area contributed by atoms with Crippen LogP contribution in [0.4, 0.5) is 8.78 Å². The normalized spacial score (nSPS) is 11.0. The molecule has 0 bridgehead atoms. The van der Waals surface area contributed by atoms with Crippen LogP contribution in [-0.4, -0.2) is 11.5 Å². The second kappa shape index (κ2) is 6.20. The summed E-state index contributed by atoms with van der Waals surface area (Å²) in [4.78, 5) is 4.07. The van der Waals surface area contributed by atoms with Crippen LogP contribution < -0.4 is 5.73 Å². The minimum absolute atomic E-state index is 0.0880. The molecule has 0 atom stereocenters. The fourth-order valence-corrected chi connectivity index (χ4v) is 2.67. The quantitative estimate of drug-likeness (QED) is 0.799. The van der Waals surface area contributed by atoms with Crippen molar-refractivity contribution in [1.29, 1.82) is 0 Å². The van der Waals surface area contributed by atoms with E-state index >= 15 is 0 Å². The first kappa shape index (κ1) is 14.6. The lowest BCUT2D eigenvalue weighted by atomic mass is 9.97. The molecule has 3 rings (SSSR count). The maximum Gasteiger partial charge on any atom is 0.129 e. The first-order chi connectivity index (χ1) is 10.7. The maximum absolute atomic E-state index is 14.2. The van der Waals surface area contributed by atoms with E-state index < -0.39 is 11.6 Å². The van der Waals surface area contributed by atoms with E-state index in [4.69, 9.17) is 5.73 Å². The molecule has 0 aliphatic rings. The molecule has 0 saturated carbocycles. The van der Waals surface area contributed by atoms with Gasteiger partial charge in [0.1, 0.15) is 11.6 Å². The van der Waals surface area contributed by atoms with Crippen LogP contribution >= 0.6 is 0 Å². The second-order valence-electron chi connectivity index (χ2n) is 5.27. The van der Waals surface area contributed by atoms with Crippen LogP contribution in [0.15, 0.2) is 48.8 Å². The van der Waals surface area contributed by atoms with E-state index in [-0.39, 0.29) is 12.0 Å². The zero-order valence-electron chi connectivity index (χ0n) is 12.0. The number of nitrogens with zero attached hydrogens (tertiary/aromatic N) is 1. The van der Waals surface area contributed by atoms with Crippen LogP contribution in [0.25, 0.3) is 10.8 Å². The van der Waals surface area contributed by atoms with Crippen LogP contribution in [0.2, 0.25) is 0 Å². The topological polar surface area (TPSA) is 38.9 Å². The highest BCUT2D eigenvalue weighted by Crippen LogP contribution is 2.24. The predicted octanol–water partition coefficient (Wildman–Crippen LogP) is 3.61. The van der Waals surface area contributed by atoms with E-state index in [1.54, 1.807) is 12.4 Å². The monoisotopic (exact) mass is 298 g/mol. The van der Waals surface area contributed by atoms with Crippen molar-refractivity contribution in [2.24, 2.45) is 5.73 Å². The van der Waals surface area contributed by atoms with Crippen molar-refractivity contribution in [3.05, 3.63) is 77.1 Å². The summed E-state index contributed by atoms with van der Waals surface area (Å²) in [6, 6.07) is 10.3. The number of fused-ring (bicyclic) bond motifs is 1. The van der Waals surface area contributed by atoms with Crippen LogP contribution in [0, 0.1) is 11.6 Å². The van der Waals surface area contributed by atoms with Crippen LogP contribution in [0.3, 0.4) is 0 Å². The lowest BCUT2D eigenvalue weighted by Crippen LogP contribution is -2.05. The van der Waals surface area contributed by atoms with Gasteiger partial charge in [-0.3, -0.25) is 4.98 Å². The molecule has 0 aliphatic heterocycles. The highest BCUT2D eigenvalue weighted by atomic mass is 19.1. The van der Waals surface area contributed by atoms with Gasteiger partial charge in [-0.1, -0.05) is 18.2 Å². The van der Waals surface area contributed by atoms with E-state index in [9.17, 15) is 8.78 Å². The summed E-state index contributed by atoms with van der Waals surface area (Å²) in [6.45, 7) is 0.370. The Hall–Kier alpha value is -2.33. The molecule has 3 aromatic rings. The number of pyridine rings is 1. The summed E-state index contributed by atoms with van der Waals surface area (Å²) >= 11 is 0. The van der Waals surface area contributed by atoms with Crippen LogP contribution in [0.1, 0.15) is 16.7 Å². The minimum atomic E-state index is -0.519. The Morgan fingerprint density at radius 2 is 1.82 bits per heavy atom. The molecule has 22 heavy (non-hydrogen) atoms. The first-order valence-corrected chi connectivity index (χ1v) is 7.17. The number of benzene rings is 2. The number of rotatable bonds is 4. The third kappa shape index (κ3) is 2.83. The molecule has 0 radical (unpaired) electrons. The van der Waals surface area contributed by atoms with Crippen molar-refractivity contribution < 1.29 is 8.78 Å². The zero-order chi connectivity index (χ0) is 15.5. The van der Waals surface area contributed by atoms with Crippen molar-refractivity contribution in [2.75, 3.05) is 6.54 Å². The maximum atomic E-state index is 14.2. The van der Waals surface area contributed by atoms with Gasteiger partial charge < -0.3 is 5.73 Å². The molecule has 0 fully saturated rings. The molecule has 0 unspecified atom stereocenters. The molecule has 2 aromatic carbocycles. The fraction of sp³-hybridized carbons (Fsp3) is 0.167. The summed E-state index contributed by atoms with van der Waals surface area (Å²) in [7, 11) is 0. The predicted molar refractivity (Wildman–Crippen MR) is 83.7 cm³/mol. The molecule has 2 nitrogen and oxygen atoms in total. The van der Waals surface area contributed by atoms with Gasteiger partial charge in [0.25, 0.3) is 0 Å². The second-order valence-corrected chi connectivity index (χ2v) is 5.27. The number of halogens is 2. The third-order valence-corrected chi connectivity index (χ3v) is 3.77. The van der Waals surface area contributed by atoms with Crippen molar-refractivity contribution in [3.63, 3.8) is 0 Å². The summed E-state index contributed by atoms with van der Waals surface area (Å²) < 4.78 is 28.5. The number of hydrogen-bond donors (Lipinski definition) is 1. The molecule has 1 aromatic heterocycles.